The number of fused-ring (bicyclic) bond motifs is 1. The SMILES string of the molecule is CCCCCCCCCCCCOc1ccc2nn(-c3cc(C(C)(C)C)cc(C(C)(C)C)c3O)nc2c1. The maximum atomic E-state index is 11.2. The lowest BCUT2D eigenvalue weighted by Crippen LogP contribution is -2.18. The highest BCUT2D eigenvalue weighted by Crippen LogP contribution is 2.39. The normalized spacial score (nSPS) is 12.4. The lowest BCUT2D eigenvalue weighted by molar-refractivity contribution is 0.304. The second-order valence-corrected chi connectivity index (χ2v) is 12.6. The second kappa shape index (κ2) is 12.8. The molecule has 204 valence electrons. The molecule has 37 heavy (non-hydrogen) atoms. The molecule has 0 saturated heterocycles. The van der Waals surface area contributed by atoms with Crippen LogP contribution in [-0.4, -0.2) is 26.7 Å². The van der Waals surface area contributed by atoms with Crippen molar-refractivity contribution in [1.82, 2.24) is 15.0 Å². The molecule has 0 bridgehead atoms. The first-order valence-corrected chi connectivity index (χ1v) is 14.4. The predicted molar refractivity (Wildman–Crippen MR) is 155 cm³/mol. The monoisotopic (exact) mass is 507 g/mol. The van der Waals surface area contributed by atoms with Crippen LogP contribution in [0.3, 0.4) is 0 Å². The molecule has 0 unspecified atom stereocenters. The molecular weight excluding hydrogens is 458 g/mol. The zero-order valence-electron chi connectivity index (χ0n) is 24.4. The molecule has 5 nitrogen and oxygen atoms in total. The van der Waals surface area contributed by atoms with Crippen LogP contribution in [0.25, 0.3) is 16.7 Å². The van der Waals surface area contributed by atoms with Gasteiger partial charge < -0.3 is 9.84 Å². The highest BCUT2D eigenvalue weighted by molar-refractivity contribution is 5.76. The summed E-state index contributed by atoms with van der Waals surface area (Å²) in [5, 5.41) is 20.6. The molecule has 2 aromatic carbocycles. The Labute approximate surface area is 224 Å². The number of phenolic OH excluding ortho intramolecular Hbond substituents is 1. The van der Waals surface area contributed by atoms with E-state index in [0.29, 0.717) is 5.69 Å². The minimum absolute atomic E-state index is 0.0648. The third kappa shape index (κ3) is 8.21. The molecular formula is C32H49N3O2. The van der Waals surface area contributed by atoms with Crippen LogP contribution in [0.1, 0.15) is 124 Å². The van der Waals surface area contributed by atoms with E-state index in [-0.39, 0.29) is 16.6 Å². The number of hydrogen-bond donors (Lipinski definition) is 1. The van der Waals surface area contributed by atoms with Crippen LogP contribution >= 0.6 is 0 Å². The Kier molecular flexibility index (Phi) is 10.0. The summed E-state index contributed by atoms with van der Waals surface area (Å²) in [6.45, 7) is 15.9. The highest BCUT2D eigenvalue weighted by atomic mass is 16.5. The number of benzene rings is 2. The summed E-state index contributed by atoms with van der Waals surface area (Å²) in [4.78, 5) is 1.57. The molecule has 1 aromatic heterocycles. The molecule has 1 heterocycles. The molecule has 3 aromatic rings. The van der Waals surface area contributed by atoms with Gasteiger partial charge >= 0.3 is 0 Å². The number of aromatic hydroxyl groups is 1. The highest BCUT2D eigenvalue weighted by Gasteiger charge is 2.26. The molecule has 0 fully saturated rings. The smallest absolute Gasteiger partial charge is 0.146 e. The van der Waals surface area contributed by atoms with Gasteiger partial charge in [0.1, 0.15) is 28.2 Å². The van der Waals surface area contributed by atoms with Gasteiger partial charge in [0, 0.05) is 11.6 Å². The lowest BCUT2D eigenvalue weighted by atomic mass is 9.80. The zero-order chi connectivity index (χ0) is 27.1. The van der Waals surface area contributed by atoms with E-state index in [4.69, 9.17) is 9.84 Å². The van der Waals surface area contributed by atoms with Crippen LogP contribution in [0.4, 0.5) is 0 Å². The molecule has 0 aliphatic heterocycles. The molecule has 0 spiro atoms. The van der Waals surface area contributed by atoms with E-state index in [1.807, 2.05) is 24.3 Å². The Morgan fingerprint density at radius 3 is 1.92 bits per heavy atom. The van der Waals surface area contributed by atoms with E-state index in [9.17, 15) is 5.11 Å². The van der Waals surface area contributed by atoms with Gasteiger partial charge in [0.25, 0.3) is 0 Å². The first kappa shape index (κ1) is 29.0. The summed E-state index contributed by atoms with van der Waals surface area (Å²) in [7, 11) is 0. The van der Waals surface area contributed by atoms with E-state index in [0.717, 1.165) is 40.9 Å². The fraction of sp³-hybridized carbons (Fsp3) is 0.625. The Bertz CT molecular complexity index is 1140. The van der Waals surface area contributed by atoms with E-state index >= 15 is 0 Å². The Balaban J connectivity index is 1.62. The second-order valence-electron chi connectivity index (χ2n) is 12.6. The summed E-state index contributed by atoms with van der Waals surface area (Å²) in [6, 6.07) is 9.98. The van der Waals surface area contributed by atoms with Crippen molar-refractivity contribution in [3.8, 4) is 17.2 Å². The maximum absolute atomic E-state index is 11.2. The molecule has 5 heteroatoms. The maximum Gasteiger partial charge on any atom is 0.146 e. The van der Waals surface area contributed by atoms with E-state index in [2.05, 4.69) is 59.6 Å². The standard InChI is InChI=1S/C32H49N3O2/c1-8-9-10-11-12-13-14-15-16-17-20-37-25-18-19-27-28(23-25)34-35(33-27)29-22-24(31(2,3)4)21-26(30(29)36)32(5,6)7/h18-19,21-23,36H,8-17,20H2,1-7H3. The number of phenols is 1. The number of rotatable bonds is 13. The molecule has 0 radical (unpaired) electrons. The van der Waals surface area contributed by atoms with Gasteiger partial charge in [-0.2, -0.15) is 0 Å². The number of aromatic nitrogens is 3. The number of unbranched alkanes of at least 4 members (excludes halogenated alkanes) is 9. The van der Waals surface area contributed by atoms with Crippen molar-refractivity contribution < 1.29 is 9.84 Å². The Hall–Kier alpha value is -2.56. The predicted octanol–water partition coefficient (Wildman–Crippen LogP) is 9.02. The average molecular weight is 508 g/mol. The van der Waals surface area contributed by atoms with Crippen LogP contribution in [0, 0.1) is 0 Å². The van der Waals surface area contributed by atoms with Crippen molar-refractivity contribution in [2.45, 2.75) is 124 Å². The van der Waals surface area contributed by atoms with Gasteiger partial charge in [-0.3, -0.25) is 0 Å². The van der Waals surface area contributed by atoms with E-state index in [1.54, 1.807) is 4.80 Å². The quantitative estimate of drug-likeness (QED) is 0.234. The lowest BCUT2D eigenvalue weighted by Gasteiger charge is -2.27. The minimum atomic E-state index is -0.206. The summed E-state index contributed by atoms with van der Waals surface area (Å²) < 4.78 is 6.03. The van der Waals surface area contributed by atoms with Crippen LogP contribution < -0.4 is 4.74 Å². The van der Waals surface area contributed by atoms with Crippen molar-refractivity contribution in [2.24, 2.45) is 0 Å². The van der Waals surface area contributed by atoms with Crippen LogP contribution in [0.5, 0.6) is 11.5 Å². The number of ether oxygens (including phenoxy) is 1. The van der Waals surface area contributed by atoms with E-state index < -0.39 is 0 Å². The largest absolute Gasteiger partial charge is 0.505 e. The van der Waals surface area contributed by atoms with Crippen LogP contribution in [0.2, 0.25) is 0 Å². The minimum Gasteiger partial charge on any atom is -0.505 e. The van der Waals surface area contributed by atoms with Gasteiger partial charge in [-0.05, 0) is 41.0 Å². The molecule has 0 aliphatic rings. The van der Waals surface area contributed by atoms with Gasteiger partial charge in [-0.25, -0.2) is 0 Å². The van der Waals surface area contributed by atoms with Gasteiger partial charge in [-0.1, -0.05) is 112 Å². The third-order valence-corrected chi connectivity index (χ3v) is 7.10. The molecule has 0 amide bonds. The van der Waals surface area contributed by atoms with Crippen molar-refractivity contribution >= 4 is 11.0 Å². The van der Waals surface area contributed by atoms with Gasteiger partial charge in [0.15, 0.2) is 0 Å². The van der Waals surface area contributed by atoms with Crippen molar-refractivity contribution in [3.05, 3.63) is 41.5 Å². The number of hydrogen-bond acceptors (Lipinski definition) is 4. The van der Waals surface area contributed by atoms with E-state index in [1.165, 1.54) is 57.8 Å². The van der Waals surface area contributed by atoms with Gasteiger partial charge in [0.2, 0.25) is 0 Å². The summed E-state index contributed by atoms with van der Waals surface area (Å²) in [6.07, 6.45) is 13.1. The number of nitrogens with zero attached hydrogens (tertiary/aromatic N) is 3. The zero-order valence-corrected chi connectivity index (χ0v) is 24.4. The topological polar surface area (TPSA) is 60.2 Å². The molecule has 0 atom stereocenters. The van der Waals surface area contributed by atoms with Crippen molar-refractivity contribution in [1.29, 1.82) is 0 Å². The molecule has 1 N–H and O–H groups in total. The molecule has 0 saturated carbocycles. The molecule has 0 aliphatic carbocycles. The Morgan fingerprint density at radius 1 is 0.730 bits per heavy atom. The first-order valence-electron chi connectivity index (χ1n) is 14.4. The first-order chi connectivity index (χ1) is 17.5. The van der Waals surface area contributed by atoms with Crippen LogP contribution in [0.15, 0.2) is 30.3 Å². The fourth-order valence-electron chi connectivity index (χ4n) is 4.65. The molecule has 3 rings (SSSR count). The summed E-state index contributed by atoms with van der Waals surface area (Å²) >= 11 is 0. The van der Waals surface area contributed by atoms with Crippen LogP contribution in [-0.2, 0) is 10.8 Å². The fourth-order valence-corrected chi connectivity index (χ4v) is 4.65. The Morgan fingerprint density at radius 2 is 1.32 bits per heavy atom. The summed E-state index contributed by atoms with van der Waals surface area (Å²) in [5.74, 6) is 1.05. The van der Waals surface area contributed by atoms with Gasteiger partial charge in [-0.15, -0.1) is 15.0 Å². The van der Waals surface area contributed by atoms with Gasteiger partial charge in [0.05, 0.1) is 6.61 Å². The van der Waals surface area contributed by atoms with Crippen molar-refractivity contribution in [2.75, 3.05) is 6.61 Å². The van der Waals surface area contributed by atoms with Crippen molar-refractivity contribution in [3.63, 3.8) is 0 Å². The summed E-state index contributed by atoms with van der Waals surface area (Å²) in [5.41, 5.74) is 3.93. The third-order valence-electron chi connectivity index (χ3n) is 7.10. The average Bonchev–Trinajstić information content (AvgIpc) is 3.24.